The molecule has 2 rings (SSSR count). The van der Waals surface area contributed by atoms with Crippen LogP contribution in [0.1, 0.15) is 43.9 Å². The maximum Gasteiger partial charge on any atom is 0.318 e. The lowest BCUT2D eigenvalue weighted by Crippen LogP contribution is -2.47. The van der Waals surface area contributed by atoms with Gasteiger partial charge >= 0.3 is 6.03 Å². The molecule has 1 aromatic carbocycles. The summed E-state index contributed by atoms with van der Waals surface area (Å²) in [6.45, 7) is 4.71. The van der Waals surface area contributed by atoms with E-state index in [4.69, 9.17) is 9.47 Å². The summed E-state index contributed by atoms with van der Waals surface area (Å²) in [5.74, 6) is 1.27. The number of urea groups is 1. The van der Waals surface area contributed by atoms with Crippen LogP contribution in [0.2, 0.25) is 0 Å². The number of aliphatic hydroxyl groups is 1. The van der Waals surface area contributed by atoms with Crippen molar-refractivity contribution >= 4 is 6.03 Å². The summed E-state index contributed by atoms with van der Waals surface area (Å²) in [4.78, 5) is 14.1. The van der Waals surface area contributed by atoms with Gasteiger partial charge in [0.2, 0.25) is 0 Å². The lowest BCUT2D eigenvalue weighted by atomic mass is 9.95. The molecule has 0 spiro atoms. The number of carbonyl (C=O) groups is 1. The lowest BCUT2D eigenvalue weighted by Gasteiger charge is -2.34. The Kier molecular flexibility index (Phi) is 5.71. The zero-order valence-corrected chi connectivity index (χ0v) is 14.3. The fourth-order valence-corrected chi connectivity index (χ4v) is 2.99. The molecule has 0 aliphatic carbocycles. The molecule has 1 atom stereocenters. The highest BCUT2D eigenvalue weighted by molar-refractivity contribution is 5.75. The average Bonchev–Trinajstić information content (AvgIpc) is 2.58. The zero-order valence-electron chi connectivity index (χ0n) is 14.3. The molecule has 2 amide bonds. The largest absolute Gasteiger partial charge is 0.496 e. The summed E-state index contributed by atoms with van der Waals surface area (Å²) in [5.41, 5.74) is 1.50. The van der Waals surface area contributed by atoms with Crippen LogP contribution in [0.25, 0.3) is 0 Å². The number of aliphatic hydroxyl groups excluding tert-OH is 1. The van der Waals surface area contributed by atoms with Gasteiger partial charge in [0.05, 0.1) is 27.3 Å². The Bertz CT molecular complexity index is 558. The van der Waals surface area contributed by atoms with Gasteiger partial charge in [-0.1, -0.05) is 13.8 Å². The Morgan fingerprint density at radius 2 is 1.91 bits per heavy atom. The van der Waals surface area contributed by atoms with Crippen LogP contribution in [-0.2, 0) is 6.54 Å². The van der Waals surface area contributed by atoms with Crippen molar-refractivity contribution in [1.82, 2.24) is 10.2 Å². The van der Waals surface area contributed by atoms with Crippen molar-refractivity contribution in [2.75, 3.05) is 20.8 Å². The number of carbonyl (C=O) groups excluding carboxylic acids is 1. The third-order valence-corrected chi connectivity index (χ3v) is 4.39. The zero-order chi connectivity index (χ0) is 17.0. The molecule has 128 valence electrons. The molecule has 2 N–H and O–H groups in total. The van der Waals surface area contributed by atoms with Crippen molar-refractivity contribution in [1.29, 1.82) is 0 Å². The first-order valence-corrected chi connectivity index (χ1v) is 8.02. The molecule has 1 heterocycles. The second-order valence-electron chi connectivity index (χ2n) is 5.72. The van der Waals surface area contributed by atoms with Crippen LogP contribution in [0.3, 0.4) is 0 Å². The van der Waals surface area contributed by atoms with E-state index in [0.29, 0.717) is 23.6 Å². The monoisotopic (exact) mass is 322 g/mol. The van der Waals surface area contributed by atoms with Gasteiger partial charge < -0.3 is 24.8 Å². The van der Waals surface area contributed by atoms with Gasteiger partial charge in [0.25, 0.3) is 0 Å². The SMILES string of the molecule is CCC(CC)NC(=O)N1Cc2c(OC)ccc(OC)c2C(O)C1. The van der Waals surface area contributed by atoms with Gasteiger partial charge in [0.15, 0.2) is 0 Å². The number of amides is 2. The first-order valence-electron chi connectivity index (χ1n) is 8.02. The number of benzene rings is 1. The van der Waals surface area contributed by atoms with E-state index >= 15 is 0 Å². The molecule has 6 heteroatoms. The second-order valence-corrected chi connectivity index (χ2v) is 5.72. The van der Waals surface area contributed by atoms with Crippen LogP contribution in [0.4, 0.5) is 4.79 Å². The van der Waals surface area contributed by atoms with Gasteiger partial charge in [-0.25, -0.2) is 4.79 Å². The van der Waals surface area contributed by atoms with Crippen LogP contribution >= 0.6 is 0 Å². The van der Waals surface area contributed by atoms with Gasteiger partial charge in [-0.2, -0.15) is 0 Å². The van der Waals surface area contributed by atoms with Crippen molar-refractivity contribution < 1.29 is 19.4 Å². The van der Waals surface area contributed by atoms with Crippen molar-refractivity contribution in [2.45, 2.75) is 45.4 Å². The van der Waals surface area contributed by atoms with E-state index in [1.165, 1.54) is 0 Å². The van der Waals surface area contributed by atoms with E-state index in [-0.39, 0.29) is 18.6 Å². The molecule has 0 fully saturated rings. The molecular weight excluding hydrogens is 296 g/mol. The Hall–Kier alpha value is -1.95. The Morgan fingerprint density at radius 1 is 1.30 bits per heavy atom. The number of hydrogen-bond donors (Lipinski definition) is 2. The van der Waals surface area contributed by atoms with Gasteiger partial charge in [0, 0.05) is 17.2 Å². The summed E-state index contributed by atoms with van der Waals surface area (Å²) < 4.78 is 10.7. The van der Waals surface area contributed by atoms with Crippen LogP contribution in [0.5, 0.6) is 11.5 Å². The Balaban J connectivity index is 2.27. The number of rotatable bonds is 5. The summed E-state index contributed by atoms with van der Waals surface area (Å²) >= 11 is 0. The Labute approximate surface area is 137 Å². The number of β-amino-alcohol motifs (C(OH)–C–C–N with tert-alkyl or cyclic N) is 1. The van der Waals surface area contributed by atoms with Crippen LogP contribution < -0.4 is 14.8 Å². The molecule has 23 heavy (non-hydrogen) atoms. The maximum atomic E-state index is 12.5. The third kappa shape index (κ3) is 3.52. The smallest absolute Gasteiger partial charge is 0.318 e. The summed E-state index contributed by atoms with van der Waals surface area (Å²) in [5, 5.41) is 13.5. The fourth-order valence-electron chi connectivity index (χ4n) is 2.99. The van der Waals surface area contributed by atoms with Crippen molar-refractivity contribution in [3.63, 3.8) is 0 Å². The predicted octanol–water partition coefficient (Wildman–Crippen LogP) is 2.45. The van der Waals surface area contributed by atoms with Crippen LogP contribution in [0, 0.1) is 0 Å². The van der Waals surface area contributed by atoms with Crippen LogP contribution in [0.15, 0.2) is 12.1 Å². The standard InChI is InChI=1S/C17H26N2O4/c1-5-11(6-2)18-17(21)19-9-12-14(22-3)7-8-15(23-4)16(12)13(20)10-19/h7-8,11,13,20H,5-6,9-10H2,1-4H3,(H,18,21). The van der Waals surface area contributed by atoms with E-state index in [1.807, 2.05) is 13.8 Å². The summed E-state index contributed by atoms with van der Waals surface area (Å²) in [6, 6.07) is 3.56. The molecule has 1 aromatic rings. The first kappa shape index (κ1) is 17.4. The molecule has 0 saturated heterocycles. The molecule has 0 aromatic heterocycles. The van der Waals surface area contributed by atoms with Gasteiger partial charge in [-0.3, -0.25) is 0 Å². The number of nitrogens with zero attached hydrogens (tertiary/aromatic N) is 1. The highest BCUT2D eigenvalue weighted by atomic mass is 16.5. The molecule has 1 aliphatic rings. The molecule has 6 nitrogen and oxygen atoms in total. The minimum atomic E-state index is -0.795. The quantitative estimate of drug-likeness (QED) is 0.873. The third-order valence-electron chi connectivity index (χ3n) is 4.39. The number of nitrogens with one attached hydrogen (secondary N) is 1. The first-order chi connectivity index (χ1) is 11.0. The summed E-state index contributed by atoms with van der Waals surface area (Å²) in [7, 11) is 3.15. The molecule has 0 saturated carbocycles. The highest BCUT2D eigenvalue weighted by Crippen LogP contribution is 2.39. The van der Waals surface area contributed by atoms with Crippen LogP contribution in [-0.4, -0.2) is 42.8 Å². The van der Waals surface area contributed by atoms with E-state index in [2.05, 4.69) is 5.32 Å². The number of ether oxygens (including phenoxy) is 2. The topological polar surface area (TPSA) is 71.0 Å². The van der Waals surface area contributed by atoms with E-state index in [0.717, 1.165) is 18.4 Å². The normalized spacial score (nSPS) is 17.0. The van der Waals surface area contributed by atoms with Crippen molar-refractivity contribution in [3.8, 4) is 11.5 Å². The number of methoxy groups -OCH3 is 2. The molecule has 0 bridgehead atoms. The maximum absolute atomic E-state index is 12.5. The number of fused-ring (bicyclic) bond motifs is 1. The summed E-state index contributed by atoms with van der Waals surface area (Å²) in [6.07, 6.45) is 0.967. The number of hydrogen-bond acceptors (Lipinski definition) is 4. The predicted molar refractivity (Wildman–Crippen MR) is 87.8 cm³/mol. The molecule has 0 radical (unpaired) electrons. The Morgan fingerprint density at radius 3 is 2.48 bits per heavy atom. The lowest BCUT2D eigenvalue weighted by molar-refractivity contribution is 0.0993. The van der Waals surface area contributed by atoms with Gasteiger partial charge in [-0.15, -0.1) is 0 Å². The average molecular weight is 322 g/mol. The highest BCUT2D eigenvalue weighted by Gasteiger charge is 2.32. The van der Waals surface area contributed by atoms with E-state index < -0.39 is 6.10 Å². The molecular formula is C17H26N2O4. The fraction of sp³-hybridized carbons (Fsp3) is 0.588. The minimum Gasteiger partial charge on any atom is -0.496 e. The molecule has 1 aliphatic heterocycles. The second kappa shape index (κ2) is 7.55. The minimum absolute atomic E-state index is 0.147. The van der Waals surface area contributed by atoms with E-state index in [1.54, 1.807) is 31.3 Å². The molecule has 1 unspecified atom stereocenters. The van der Waals surface area contributed by atoms with Gasteiger partial charge in [-0.05, 0) is 25.0 Å². The van der Waals surface area contributed by atoms with Gasteiger partial charge in [0.1, 0.15) is 17.6 Å². The van der Waals surface area contributed by atoms with E-state index in [9.17, 15) is 9.90 Å². The van der Waals surface area contributed by atoms with Crippen molar-refractivity contribution in [2.24, 2.45) is 0 Å². The van der Waals surface area contributed by atoms with Crippen molar-refractivity contribution in [3.05, 3.63) is 23.3 Å².